The van der Waals surface area contributed by atoms with Gasteiger partial charge in [-0.05, 0) is 36.7 Å². The SMILES string of the molecule is COC1(C(N)c2cccc3c2OCC3)CCC(C)(C)CC1. The van der Waals surface area contributed by atoms with Gasteiger partial charge in [0.05, 0.1) is 18.2 Å². The number of ether oxygens (including phenoxy) is 2. The molecule has 2 aliphatic rings. The molecule has 1 aliphatic heterocycles. The summed E-state index contributed by atoms with van der Waals surface area (Å²) in [7, 11) is 1.81. The van der Waals surface area contributed by atoms with Crippen LogP contribution in [-0.2, 0) is 11.2 Å². The summed E-state index contributed by atoms with van der Waals surface area (Å²) < 4.78 is 11.8. The smallest absolute Gasteiger partial charge is 0.127 e. The van der Waals surface area contributed by atoms with Crippen LogP contribution in [0.1, 0.15) is 56.7 Å². The molecule has 1 unspecified atom stereocenters. The third kappa shape index (κ3) is 2.58. The maximum absolute atomic E-state index is 6.67. The molecule has 0 spiro atoms. The summed E-state index contributed by atoms with van der Waals surface area (Å²) in [4.78, 5) is 0. The van der Waals surface area contributed by atoms with Gasteiger partial charge in [-0.1, -0.05) is 32.0 Å². The summed E-state index contributed by atoms with van der Waals surface area (Å²) in [5.41, 5.74) is 9.22. The van der Waals surface area contributed by atoms with Crippen molar-refractivity contribution in [2.75, 3.05) is 13.7 Å². The third-order valence-electron chi connectivity index (χ3n) is 5.50. The number of benzene rings is 1. The van der Waals surface area contributed by atoms with E-state index in [1.165, 1.54) is 5.56 Å². The fraction of sp³-hybridized carbons (Fsp3) is 0.667. The molecule has 1 aromatic carbocycles. The van der Waals surface area contributed by atoms with Crippen molar-refractivity contribution in [3.8, 4) is 5.75 Å². The normalized spacial score (nSPS) is 24.2. The molecule has 3 nitrogen and oxygen atoms in total. The molecule has 1 atom stereocenters. The van der Waals surface area contributed by atoms with Crippen LogP contribution in [-0.4, -0.2) is 19.3 Å². The first-order valence-electron chi connectivity index (χ1n) is 8.03. The van der Waals surface area contributed by atoms with Crippen LogP contribution in [0.4, 0.5) is 0 Å². The van der Waals surface area contributed by atoms with Gasteiger partial charge in [-0.25, -0.2) is 0 Å². The van der Waals surface area contributed by atoms with Crippen LogP contribution in [0.15, 0.2) is 18.2 Å². The Morgan fingerprint density at radius 1 is 1.19 bits per heavy atom. The van der Waals surface area contributed by atoms with E-state index in [-0.39, 0.29) is 11.6 Å². The van der Waals surface area contributed by atoms with Gasteiger partial charge in [0.1, 0.15) is 5.75 Å². The third-order valence-corrected chi connectivity index (χ3v) is 5.50. The molecular weight excluding hydrogens is 262 g/mol. The molecule has 0 saturated heterocycles. The van der Waals surface area contributed by atoms with Crippen LogP contribution in [0.5, 0.6) is 5.75 Å². The first-order valence-corrected chi connectivity index (χ1v) is 8.03. The van der Waals surface area contributed by atoms with E-state index in [9.17, 15) is 0 Å². The monoisotopic (exact) mass is 289 g/mol. The Morgan fingerprint density at radius 3 is 2.57 bits per heavy atom. The minimum Gasteiger partial charge on any atom is -0.493 e. The van der Waals surface area contributed by atoms with Gasteiger partial charge in [-0.15, -0.1) is 0 Å². The number of para-hydroxylation sites is 1. The van der Waals surface area contributed by atoms with Crippen molar-refractivity contribution in [1.82, 2.24) is 0 Å². The summed E-state index contributed by atoms with van der Waals surface area (Å²) in [6.07, 6.45) is 5.33. The molecule has 0 radical (unpaired) electrons. The molecule has 0 aromatic heterocycles. The van der Waals surface area contributed by atoms with Gasteiger partial charge in [0, 0.05) is 19.1 Å². The summed E-state index contributed by atoms with van der Waals surface area (Å²) in [6, 6.07) is 6.22. The van der Waals surface area contributed by atoms with Gasteiger partial charge < -0.3 is 15.2 Å². The molecule has 0 amide bonds. The van der Waals surface area contributed by atoms with E-state index in [0.717, 1.165) is 50.0 Å². The highest BCUT2D eigenvalue weighted by Crippen LogP contribution is 2.48. The first-order chi connectivity index (χ1) is 9.97. The summed E-state index contributed by atoms with van der Waals surface area (Å²) in [6.45, 7) is 5.44. The van der Waals surface area contributed by atoms with E-state index in [0.29, 0.717) is 5.41 Å². The lowest BCUT2D eigenvalue weighted by Gasteiger charge is -2.46. The van der Waals surface area contributed by atoms with E-state index in [4.69, 9.17) is 15.2 Å². The Morgan fingerprint density at radius 2 is 1.90 bits per heavy atom. The number of hydrogen-bond donors (Lipinski definition) is 1. The molecule has 2 N–H and O–H groups in total. The van der Waals surface area contributed by atoms with Crippen molar-refractivity contribution >= 4 is 0 Å². The summed E-state index contributed by atoms with van der Waals surface area (Å²) in [5.74, 6) is 1.01. The Balaban J connectivity index is 1.90. The van der Waals surface area contributed by atoms with Crippen LogP contribution >= 0.6 is 0 Å². The predicted octanol–water partition coefficient (Wildman–Crippen LogP) is 3.61. The molecule has 0 bridgehead atoms. The molecular formula is C18H27NO2. The van der Waals surface area contributed by atoms with Gasteiger partial charge in [0.15, 0.2) is 0 Å². The van der Waals surface area contributed by atoms with Crippen LogP contribution < -0.4 is 10.5 Å². The van der Waals surface area contributed by atoms with E-state index >= 15 is 0 Å². The fourth-order valence-corrected chi connectivity index (χ4v) is 3.76. The molecule has 1 saturated carbocycles. The second kappa shape index (κ2) is 5.29. The second-order valence-electron chi connectivity index (χ2n) is 7.34. The number of fused-ring (bicyclic) bond motifs is 1. The average molecular weight is 289 g/mol. The molecule has 3 heteroatoms. The van der Waals surface area contributed by atoms with E-state index < -0.39 is 0 Å². The van der Waals surface area contributed by atoms with Gasteiger partial charge in [0.25, 0.3) is 0 Å². The van der Waals surface area contributed by atoms with E-state index in [2.05, 4.69) is 32.0 Å². The van der Waals surface area contributed by atoms with Crippen molar-refractivity contribution in [2.24, 2.45) is 11.1 Å². The van der Waals surface area contributed by atoms with Gasteiger partial charge in [-0.3, -0.25) is 0 Å². The zero-order valence-electron chi connectivity index (χ0n) is 13.4. The van der Waals surface area contributed by atoms with Crippen LogP contribution in [0.25, 0.3) is 0 Å². The summed E-state index contributed by atoms with van der Waals surface area (Å²) >= 11 is 0. The number of methoxy groups -OCH3 is 1. The Kier molecular flexibility index (Phi) is 3.74. The largest absolute Gasteiger partial charge is 0.493 e. The highest BCUT2D eigenvalue weighted by atomic mass is 16.5. The van der Waals surface area contributed by atoms with E-state index in [1.54, 1.807) is 0 Å². The van der Waals surface area contributed by atoms with Crippen molar-refractivity contribution < 1.29 is 9.47 Å². The highest BCUT2D eigenvalue weighted by Gasteiger charge is 2.44. The molecule has 1 heterocycles. The van der Waals surface area contributed by atoms with Gasteiger partial charge >= 0.3 is 0 Å². The maximum Gasteiger partial charge on any atom is 0.127 e. The molecule has 116 valence electrons. The molecule has 1 fully saturated rings. The lowest BCUT2D eigenvalue weighted by molar-refractivity contribution is -0.0797. The topological polar surface area (TPSA) is 44.5 Å². The number of nitrogens with two attached hydrogens (primary N) is 1. The first kappa shape index (κ1) is 14.9. The second-order valence-corrected chi connectivity index (χ2v) is 7.34. The zero-order chi connectivity index (χ0) is 15.1. The number of rotatable bonds is 3. The Hall–Kier alpha value is -1.06. The quantitative estimate of drug-likeness (QED) is 0.924. The minimum absolute atomic E-state index is 0.119. The van der Waals surface area contributed by atoms with Crippen LogP contribution in [0.2, 0.25) is 0 Å². The molecule has 21 heavy (non-hydrogen) atoms. The van der Waals surface area contributed by atoms with Gasteiger partial charge in [-0.2, -0.15) is 0 Å². The van der Waals surface area contributed by atoms with Gasteiger partial charge in [0.2, 0.25) is 0 Å². The van der Waals surface area contributed by atoms with Crippen molar-refractivity contribution in [3.63, 3.8) is 0 Å². The lowest BCUT2D eigenvalue weighted by atomic mass is 9.67. The average Bonchev–Trinajstić information content (AvgIpc) is 2.95. The molecule has 1 aromatic rings. The number of hydrogen-bond acceptors (Lipinski definition) is 3. The Labute approximate surface area is 127 Å². The van der Waals surface area contributed by atoms with Crippen molar-refractivity contribution in [1.29, 1.82) is 0 Å². The molecule has 1 aliphatic carbocycles. The van der Waals surface area contributed by atoms with Crippen molar-refractivity contribution in [2.45, 2.75) is 57.6 Å². The maximum atomic E-state index is 6.67. The van der Waals surface area contributed by atoms with E-state index in [1.807, 2.05) is 7.11 Å². The standard InChI is InChI=1S/C18H27NO2/c1-17(2)8-10-18(20-3,11-9-17)16(19)14-6-4-5-13-7-12-21-15(13)14/h4-6,16H,7-12,19H2,1-3H3. The zero-order valence-corrected chi connectivity index (χ0v) is 13.4. The van der Waals surface area contributed by atoms with Crippen LogP contribution in [0.3, 0.4) is 0 Å². The molecule has 3 rings (SSSR count). The predicted molar refractivity (Wildman–Crippen MR) is 84.6 cm³/mol. The highest BCUT2D eigenvalue weighted by molar-refractivity contribution is 5.46. The minimum atomic E-state index is -0.253. The van der Waals surface area contributed by atoms with Crippen molar-refractivity contribution in [3.05, 3.63) is 29.3 Å². The summed E-state index contributed by atoms with van der Waals surface area (Å²) in [5, 5.41) is 0. The van der Waals surface area contributed by atoms with Crippen LogP contribution in [0, 0.1) is 5.41 Å². The Bertz CT molecular complexity index is 514. The fourth-order valence-electron chi connectivity index (χ4n) is 3.76. The lowest BCUT2D eigenvalue weighted by Crippen LogP contribution is -2.47.